The molecule has 0 radical (unpaired) electrons. The standard InChI is InChI=1S/C4H10O.CH3NO2/c1-4(2,3)5;2-1(3)4/h5H,1-3H3;2H2,(H,3,4). The molecule has 0 saturated carbocycles. The minimum Gasteiger partial charge on any atom is -0.465 e. The number of aliphatic hydroxyl groups is 1. The van der Waals surface area contributed by atoms with Crippen LogP contribution in [-0.4, -0.2) is 21.9 Å². The summed E-state index contributed by atoms with van der Waals surface area (Å²) >= 11 is 0. The molecule has 9 heavy (non-hydrogen) atoms. The summed E-state index contributed by atoms with van der Waals surface area (Å²) < 4.78 is 0. The van der Waals surface area contributed by atoms with Gasteiger partial charge in [0, 0.05) is 0 Å². The van der Waals surface area contributed by atoms with E-state index in [1.165, 1.54) is 0 Å². The molecule has 0 aliphatic rings. The van der Waals surface area contributed by atoms with Crippen molar-refractivity contribution in [3.63, 3.8) is 0 Å². The zero-order valence-corrected chi connectivity index (χ0v) is 5.88. The highest BCUT2D eigenvalue weighted by atomic mass is 16.4. The van der Waals surface area contributed by atoms with Gasteiger partial charge >= 0.3 is 6.09 Å². The quantitative estimate of drug-likeness (QED) is 0.449. The summed E-state index contributed by atoms with van der Waals surface area (Å²) in [4.78, 5) is 8.78. The van der Waals surface area contributed by atoms with Crippen LogP contribution in [0.15, 0.2) is 0 Å². The molecule has 1 amide bonds. The van der Waals surface area contributed by atoms with Gasteiger partial charge in [0.2, 0.25) is 0 Å². The van der Waals surface area contributed by atoms with E-state index in [2.05, 4.69) is 5.73 Å². The molecule has 0 aromatic rings. The number of rotatable bonds is 0. The van der Waals surface area contributed by atoms with Crippen molar-refractivity contribution in [1.82, 2.24) is 0 Å². The first-order chi connectivity index (χ1) is 3.73. The lowest BCUT2D eigenvalue weighted by Gasteiger charge is -2.04. The number of hydrogen-bond acceptors (Lipinski definition) is 2. The van der Waals surface area contributed by atoms with E-state index < -0.39 is 11.7 Å². The minimum absolute atomic E-state index is 0.500. The van der Waals surface area contributed by atoms with Gasteiger partial charge in [-0.2, -0.15) is 0 Å². The second-order valence-electron chi connectivity index (χ2n) is 2.51. The monoisotopic (exact) mass is 135 g/mol. The molecule has 4 N–H and O–H groups in total. The van der Waals surface area contributed by atoms with Crippen LogP contribution in [0.4, 0.5) is 4.79 Å². The Bertz CT molecular complexity index is 74.7. The van der Waals surface area contributed by atoms with E-state index in [9.17, 15) is 0 Å². The molecular weight excluding hydrogens is 122 g/mol. The minimum atomic E-state index is -1.33. The predicted molar refractivity (Wildman–Crippen MR) is 34.2 cm³/mol. The highest BCUT2D eigenvalue weighted by Gasteiger charge is 1.97. The lowest BCUT2D eigenvalue weighted by atomic mass is 10.2. The maximum atomic E-state index is 8.78. The van der Waals surface area contributed by atoms with Crippen LogP contribution < -0.4 is 5.73 Å². The van der Waals surface area contributed by atoms with Crippen LogP contribution in [0.25, 0.3) is 0 Å². The smallest absolute Gasteiger partial charge is 0.402 e. The zero-order chi connectivity index (χ0) is 8.08. The molecule has 0 spiro atoms. The molecule has 4 nitrogen and oxygen atoms in total. The fraction of sp³-hybridized carbons (Fsp3) is 0.800. The molecule has 4 heteroatoms. The summed E-state index contributed by atoms with van der Waals surface area (Å²) in [6.07, 6.45) is -1.33. The summed E-state index contributed by atoms with van der Waals surface area (Å²) in [5.74, 6) is 0. The van der Waals surface area contributed by atoms with Crippen LogP contribution >= 0.6 is 0 Å². The lowest BCUT2D eigenvalue weighted by Crippen LogP contribution is -2.10. The SMILES string of the molecule is CC(C)(C)O.NC(=O)O. The van der Waals surface area contributed by atoms with Gasteiger partial charge in [0.1, 0.15) is 0 Å². The number of carboxylic acid groups (broad SMARTS) is 1. The van der Waals surface area contributed by atoms with Crippen LogP contribution in [0.1, 0.15) is 20.8 Å². The van der Waals surface area contributed by atoms with E-state index in [4.69, 9.17) is 15.0 Å². The number of primary amides is 1. The van der Waals surface area contributed by atoms with Crippen molar-refractivity contribution in [3.8, 4) is 0 Å². The van der Waals surface area contributed by atoms with Crippen molar-refractivity contribution in [2.45, 2.75) is 26.4 Å². The van der Waals surface area contributed by atoms with Gasteiger partial charge in [0.15, 0.2) is 0 Å². The zero-order valence-electron chi connectivity index (χ0n) is 5.88. The molecule has 0 bridgehead atoms. The Morgan fingerprint density at radius 2 is 1.44 bits per heavy atom. The van der Waals surface area contributed by atoms with Crippen molar-refractivity contribution < 1.29 is 15.0 Å². The molecular formula is C5H13NO3. The Balaban J connectivity index is 0. The Kier molecular flexibility index (Phi) is 5.10. The first-order valence-corrected chi connectivity index (χ1v) is 2.44. The Morgan fingerprint density at radius 1 is 1.44 bits per heavy atom. The predicted octanol–water partition coefficient (Wildman–Crippen LogP) is 0.400. The summed E-state index contributed by atoms with van der Waals surface area (Å²) in [6.45, 7) is 5.23. The third-order valence-electron chi connectivity index (χ3n) is 0. The topological polar surface area (TPSA) is 83.5 Å². The average molecular weight is 135 g/mol. The van der Waals surface area contributed by atoms with Crippen molar-refractivity contribution in [2.24, 2.45) is 5.73 Å². The van der Waals surface area contributed by atoms with Crippen molar-refractivity contribution in [3.05, 3.63) is 0 Å². The second kappa shape index (κ2) is 4.14. The van der Waals surface area contributed by atoms with E-state index in [0.717, 1.165) is 0 Å². The average Bonchev–Trinajstić information content (AvgIpc) is 1.19. The number of hydrogen-bond donors (Lipinski definition) is 3. The molecule has 0 aliphatic heterocycles. The molecule has 0 fully saturated rings. The highest BCUT2D eigenvalue weighted by Crippen LogP contribution is 1.93. The third kappa shape index (κ3) is 334. The van der Waals surface area contributed by atoms with E-state index >= 15 is 0 Å². The molecule has 0 saturated heterocycles. The van der Waals surface area contributed by atoms with Gasteiger partial charge in [-0.3, -0.25) is 0 Å². The summed E-state index contributed by atoms with van der Waals surface area (Å²) in [7, 11) is 0. The number of nitrogens with two attached hydrogens (primary N) is 1. The molecule has 0 atom stereocenters. The first-order valence-electron chi connectivity index (χ1n) is 2.44. The second-order valence-corrected chi connectivity index (χ2v) is 2.51. The van der Waals surface area contributed by atoms with E-state index in [1.54, 1.807) is 20.8 Å². The Hall–Kier alpha value is -0.770. The molecule has 0 heterocycles. The van der Waals surface area contributed by atoms with E-state index in [0.29, 0.717) is 0 Å². The van der Waals surface area contributed by atoms with Gasteiger partial charge in [0.05, 0.1) is 5.60 Å². The fourth-order valence-electron chi connectivity index (χ4n) is 0. The molecule has 0 aromatic heterocycles. The Labute approximate surface area is 54.3 Å². The van der Waals surface area contributed by atoms with Crippen LogP contribution in [0.2, 0.25) is 0 Å². The molecule has 0 rings (SSSR count). The van der Waals surface area contributed by atoms with Crippen LogP contribution in [0.3, 0.4) is 0 Å². The van der Waals surface area contributed by atoms with Crippen LogP contribution in [0, 0.1) is 0 Å². The summed E-state index contributed by atoms with van der Waals surface area (Å²) in [6, 6.07) is 0. The maximum absolute atomic E-state index is 8.78. The van der Waals surface area contributed by atoms with Gasteiger partial charge in [-0.05, 0) is 20.8 Å². The summed E-state index contributed by atoms with van der Waals surface area (Å²) in [5.41, 5.74) is 3.53. The largest absolute Gasteiger partial charge is 0.465 e. The first kappa shape index (κ1) is 11.1. The molecule has 0 aromatic carbocycles. The van der Waals surface area contributed by atoms with Gasteiger partial charge in [0.25, 0.3) is 0 Å². The molecule has 0 aliphatic carbocycles. The van der Waals surface area contributed by atoms with Gasteiger partial charge in [-0.1, -0.05) is 0 Å². The van der Waals surface area contributed by atoms with Gasteiger partial charge in [-0.25, -0.2) is 4.79 Å². The maximum Gasteiger partial charge on any atom is 0.402 e. The normalized spacial score (nSPS) is 9.33. The Morgan fingerprint density at radius 3 is 1.44 bits per heavy atom. The van der Waals surface area contributed by atoms with Crippen molar-refractivity contribution in [1.29, 1.82) is 0 Å². The number of amides is 1. The summed E-state index contributed by atoms with van der Waals surface area (Å²) in [5, 5.41) is 15.7. The molecule has 0 unspecified atom stereocenters. The fourth-order valence-corrected chi connectivity index (χ4v) is 0. The number of carbonyl (C=O) groups is 1. The van der Waals surface area contributed by atoms with Gasteiger partial charge in [-0.15, -0.1) is 0 Å². The van der Waals surface area contributed by atoms with Crippen LogP contribution in [0.5, 0.6) is 0 Å². The highest BCUT2D eigenvalue weighted by molar-refractivity contribution is 5.61. The third-order valence-corrected chi connectivity index (χ3v) is 0. The van der Waals surface area contributed by atoms with E-state index in [1.807, 2.05) is 0 Å². The van der Waals surface area contributed by atoms with Crippen molar-refractivity contribution in [2.75, 3.05) is 0 Å². The van der Waals surface area contributed by atoms with E-state index in [-0.39, 0.29) is 0 Å². The van der Waals surface area contributed by atoms with Crippen molar-refractivity contribution >= 4 is 6.09 Å². The van der Waals surface area contributed by atoms with Gasteiger partial charge < -0.3 is 15.9 Å². The lowest BCUT2D eigenvalue weighted by molar-refractivity contribution is 0.102. The molecule has 56 valence electrons. The van der Waals surface area contributed by atoms with Crippen LogP contribution in [-0.2, 0) is 0 Å².